The average molecular weight is 352 g/mol. The standard InChI is InChI=1S/C20H20N2O2S/c1-4-25-20-18(13(2)23)19(16-7-5-6-8-17(16)22-20)21-14-9-11-15(24-3)12-10-14/h5-12H,4H2,1-3H3,(H,21,22). The first-order chi connectivity index (χ1) is 12.1. The lowest BCUT2D eigenvalue weighted by Crippen LogP contribution is -2.06. The summed E-state index contributed by atoms with van der Waals surface area (Å²) in [6.07, 6.45) is 0. The summed E-state index contributed by atoms with van der Waals surface area (Å²) < 4.78 is 5.21. The molecule has 0 unspecified atom stereocenters. The molecule has 3 aromatic rings. The van der Waals surface area contributed by atoms with Gasteiger partial charge in [-0.05, 0) is 43.0 Å². The number of ether oxygens (including phenoxy) is 1. The van der Waals surface area contributed by atoms with E-state index >= 15 is 0 Å². The Labute approximate surface area is 151 Å². The number of rotatable bonds is 6. The van der Waals surface area contributed by atoms with E-state index in [1.165, 1.54) is 0 Å². The molecule has 0 aliphatic heterocycles. The van der Waals surface area contributed by atoms with E-state index in [4.69, 9.17) is 9.72 Å². The summed E-state index contributed by atoms with van der Waals surface area (Å²) in [7, 11) is 1.64. The maximum Gasteiger partial charge on any atom is 0.164 e. The predicted octanol–water partition coefficient (Wildman–Crippen LogP) is 5.30. The molecular formula is C20H20N2O2S. The Morgan fingerprint density at radius 3 is 2.52 bits per heavy atom. The number of nitrogens with zero attached hydrogens (tertiary/aromatic N) is 1. The smallest absolute Gasteiger partial charge is 0.164 e. The summed E-state index contributed by atoms with van der Waals surface area (Å²) in [6.45, 7) is 3.65. The Morgan fingerprint density at radius 1 is 1.16 bits per heavy atom. The van der Waals surface area contributed by atoms with Crippen LogP contribution in [0.1, 0.15) is 24.2 Å². The lowest BCUT2D eigenvalue weighted by Gasteiger charge is -2.16. The summed E-state index contributed by atoms with van der Waals surface area (Å²) >= 11 is 1.58. The Kier molecular flexibility index (Phi) is 5.24. The molecule has 4 nitrogen and oxygen atoms in total. The highest BCUT2D eigenvalue weighted by atomic mass is 32.2. The minimum Gasteiger partial charge on any atom is -0.497 e. The SMILES string of the molecule is CCSc1nc2ccccc2c(Nc2ccc(OC)cc2)c1C(C)=O. The van der Waals surface area contributed by atoms with Crippen LogP contribution in [0.3, 0.4) is 0 Å². The van der Waals surface area contributed by atoms with Gasteiger partial charge in [0.2, 0.25) is 0 Å². The third-order valence-corrected chi connectivity index (χ3v) is 4.71. The van der Waals surface area contributed by atoms with Gasteiger partial charge >= 0.3 is 0 Å². The highest BCUT2D eigenvalue weighted by Gasteiger charge is 2.18. The Balaban J connectivity index is 2.18. The van der Waals surface area contributed by atoms with Crippen LogP contribution in [0.25, 0.3) is 10.9 Å². The summed E-state index contributed by atoms with van der Waals surface area (Å²) in [5.74, 6) is 1.65. The molecule has 0 radical (unpaired) electrons. The number of pyridine rings is 1. The van der Waals surface area contributed by atoms with E-state index in [0.717, 1.165) is 38.8 Å². The fraction of sp³-hybridized carbons (Fsp3) is 0.200. The Morgan fingerprint density at radius 2 is 1.88 bits per heavy atom. The first-order valence-electron chi connectivity index (χ1n) is 8.11. The lowest BCUT2D eigenvalue weighted by atomic mass is 10.1. The van der Waals surface area contributed by atoms with E-state index in [0.29, 0.717) is 5.56 Å². The third kappa shape index (κ3) is 3.61. The minimum absolute atomic E-state index is 0.00483. The summed E-state index contributed by atoms with van der Waals surface area (Å²) in [4.78, 5) is 17.1. The van der Waals surface area contributed by atoms with Crippen molar-refractivity contribution < 1.29 is 9.53 Å². The topological polar surface area (TPSA) is 51.2 Å². The van der Waals surface area contributed by atoms with Gasteiger partial charge in [-0.1, -0.05) is 25.1 Å². The molecule has 128 valence electrons. The van der Waals surface area contributed by atoms with Gasteiger partial charge in [0.1, 0.15) is 10.8 Å². The second-order valence-corrected chi connectivity index (χ2v) is 6.78. The van der Waals surface area contributed by atoms with Gasteiger partial charge in [-0.25, -0.2) is 4.98 Å². The number of hydrogen-bond donors (Lipinski definition) is 1. The molecule has 0 fully saturated rings. The zero-order valence-electron chi connectivity index (χ0n) is 14.5. The van der Waals surface area contributed by atoms with Crippen LogP contribution >= 0.6 is 11.8 Å². The number of carbonyl (C=O) groups excluding carboxylic acids is 1. The van der Waals surface area contributed by atoms with E-state index in [1.807, 2.05) is 48.5 Å². The number of thioether (sulfide) groups is 1. The highest BCUT2D eigenvalue weighted by molar-refractivity contribution is 7.99. The van der Waals surface area contributed by atoms with Gasteiger partial charge in [0.15, 0.2) is 5.78 Å². The molecule has 0 aliphatic rings. The number of para-hydroxylation sites is 1. The van der Waals surface area contributed by atoms with E-state index in [-0.39, 0.29) is 5.78 Å². The number of methoxy groups -OCH3 is 1. The zero-order chi connectivity index (χ0) is 17.8. The van der Waals surface area contributed by atoms with Crippen LogP contribution < -0.4 is 10.1 Å². The van der Waals surface area contributed by atoms with Crippen molar-refractivity contribution in [2.24, 2.45) is 0 Å². The molecule has 0 spiro atoms. The van der Waals surface area contributed by atoms with E-state index in [1.54, 1.807) is 25.8 Å². The van der Waals surface area contributed by atoms with Crippen molar-refractivity contribution in [1.82, 2.24) is 4.98 Å². The molecule has 1 aromatic heterocycles. The molecule has 0 amide bonds. The molecule has 0 aliphatic carbocycles. The lowest BCUT2D eigenvalue weighted by molar-refractivity contribution is 0.101. The number of benzene rings is 2. The molecule has 1 heterocycles. The van der Waals surface area contributed by atoms with Crippen molar-refractivity contribution in [1.29, 1.82) is 0 Å². The number of hydrogen-bond acceptors (Lipinski definition) is 5. The predicted molar refractivity (Wildman–Crippen MR) is 104 cm³/mol. The van der Waals surface area contributed by atoms with Crippen LogP contribution in [0, 0.1) is 0 Å². The normalized spacial score (nSPS) is 10.7. The monoisotopic (exact) mass is 352 g/mol. The van der Waals surface area contributed by atoms with Crippen molar-refractivity contribution in [3.63, 3.8) is 0 Å². The van der Waals surface area contributed by atoms with E-state index < -0.39 is 0 Å². The third-order valence-electron chi connectivity index (χ3n) is 3.85. The van der Waals surface area contributed by atoms with Crippen LogP contribution in [0.2, 0.25) is 0 Å². The summed E-state index contributed by atoms with van der Waals surface area (Å²) in [6, 6.07) is 15.5. The molecule has 3 rings (SSSR count). The minimum atomic E-state index is 0.00483. The largest absolute Gasteiger partial charge is 0.497 e. The molecule has 0 bridgehead atoms. The number of anilines is 2. The van der Waals surface area contributed by atoms with Gasteiger partial charge in [-0.2, -0.15) is 0 Å². The van der Waals surface area contributed by atoms with Gasteiger partial charge < -0.3 is 10.1 Å². The maximum absolute atomic E-state index is 12.4. The number of fused-ring (bicyclic) bond motifs is 1. The highest BCUT2D eigenvalue weighted by Crippen LogP contribution is 2.35. The van der Waals surface area contributed by atoms with E-state index in [2.05, 4.69) is 12.2 Å². The molecule has 0 saturated heterocycles. The first-order valence-corrected chi connectivity index (χ1v) is 9.10. The van der Waals surface area contributed by atoms with Gasteiger partial charge in [-0.3, -0.25) is 4.79 Å². The molecule has 2 aromatic carbocycles. The van der Waals surface area contributed by atoms with Crippen molar-refractivity contribution in [3.8, 4) is 5.75 Å². The van der Waals surface area contributed by atoms with Gasteiger partial charge in [-0.15, -0.1) is 11.8 Å². The fourth-order valence-electron chi connectivity index (χ4n) is 2.71. The number of Topliss-reactive ketones (excluding diaryl/α,β-unsaturated/α-hetero) is 1. The number of ketones is 1. The van der Waals surface area contributed by atoms with Crippen molar-refractivity contribution >= 4 is 39.8 Å². The van der Waals surface area contributed by atoms with Gasteiger partial charge in [0.25, 0.3) is 0 Å². The van der Waals surface area contributed by atoms with Crippen LogP contribution in [0.4, 0.5) is 11.4 Å². The molecule has 0 atom stereocenters. The molecule has 5 heteroatoms. The van der Waals surface area contributed by atoms with Crippen LogP contribution in [0.15, 0.2) is 53.6 Å². The van der Waals surface area contributed by atoms with Gasteiger partial charge in [0.05, 0.1) is 23.9 Å². The molecule has 0 saturated carbocycles. The number of carbonyl (C=O) groups is 1. The second-order valence-electron chi connectivity index (χ2n) is 5.53. The summed E-state index contributed by atoms with van der Waals surface area (Å²) in [5.41, 5.74) is 3.21. The Bertz CT molecular complexity index is 907. The van der Waals surface area contributed by atoms with Crippen LogP contribution in [-0.4, -0.2) is 23.6 Å². The van der Waals surface area contributed by atoms with E-state index in [9.17, 15) is 4.79 Å². The van der Waals surface area contributed by atoms with Gasteiger partial charge in [0, 0.05) is 11.1 Å². The second kappa shape index (κ2) is 7.57. The first kappa shape index (κ1) is 17.3. The van der Waals surface area contributed by atoms with Crippen molar-refractivity contribution in [2.75, 3.05) is 18.2 Å². The fourth-order valence-corrected chi connectivity index (χ4v) is 3.53. The average Bonchev–Trinajstić information content (AvgIpc) is 2.62. The van der Waals surface area contributed by atoms with Crippen molar-refractivity contribution in [3.05, 3.63) is 54.1 Å². The Hall–Kier alpha value is -2.53. The maximum atomic E-state index is 12.4. The van der Waals surface area contributed by atoms with Crippen molar-refractivity contribution in [2.45, 2.75) is 18.9 Å². The number of nitrogens with one attached hydrogen (secondary N) is 1. The zero-order valence-corrected chi connectivity index (χ0v) is 15.3. The molecular weight excluding hydrogens is 332 g/mol. The van der Waals surface area contributed by atoms with Crippen LogP contribution in [0.5, 0.6) is 5.75 Å². The summed E-state index contributed by atoms with van der Waals surface area (Å²) in [5, 5.41) is 5.12. The number of aromatic nitrogens is 1. The van der Waals surface area contributed by atoms with Crippen LogP contribution in [-0.2, 0) is 0 Å². The molecule has 1 N–H and O–H groups in total. The quantitative estimate of drug-likeness (QED) is 0.482. The molecule has 25 heavy (non-hydrogen) atoms.